The van der Waals surface area contributed by atoms with Crippen LogP contribution in [0.4, 0.5) is 13.2 Å². The standard InChI is InChI=1S/C10H5ClF3NO2/c11-9-6(2-1-3-8(16)17)4-7(5-15-9)10(12,13)14/h4-5H,3H2,(H,16,17). The van der Waals surface area contributed by atoms with Gasteiger partial charge in [-0.1, -0.05) is 23.4 Å². The summed E-state index contributed by atoms with van der Waals surface area (Å²) in [6.07, 6.45) is -4.43. The lowest BCUT2D eigenvalue weighted by molar-refractivity contribution is -0.138. The summed E-state index contributed by atoms with van der Waals surface area (Å²) in [4.78, 5) is 13.5. The van der Waals surface area contributed by atoms with Crippen molar-refractivity contribution in [2.45, 2.75) is 12.6 Å². The molecule has 17 heavy (non-hydrogen) atoms. The van der Waals surface area contributed by atoms with Crippen molar-refractivity contribution in [3.63, 3.8) is 0 Å². The highest BCUT2D eigenvalue weighted by molar-refractivity contribution is 6.30. The van der Waals surface area contributed by atoms with Gasteiger partial charge in [0.1, 0.15) is 11.6 Å². The van der Waals surface area contributed by atoms with Crippen molar-refractivity contribution in [1.82, 2.24) is 4.98 Å². The molecule has 0 spiro atoms. The Morgan fingerprint density at radius 3 is 2.71 bits per heavy atom. The van der Waals surface area contributed by atoms with Crippen LogP contribution in [-0.4, -0.2) is 16.1 Å². The third-order valence-electron chi connectivity index (χ3n) is 1.63. The van der Waals surface area contributed by atoms with Crippen molar-refractivity contribution in [2.75, 3.05) is 0 Å². The zero-order valence-electron chi connectivity index (χ0n) is 8.18. The Morgan fingerprint density at radius 2 is 2.18 bits per heavy atom. The Morgan fingerprint density at radius 1 is 1.53 bits per heavy atom. The molecule has 0 aromatic carbocycles. The highest BCUT2D eigenvalue weighted by Crippen LogP contribution is 2.30. The number of rotatable bonds is 1. The third-order valence-corrected chi connectivity index (χ3v) is 1.93. The molecule has 0 bridgehead atoms. The molecule has 0 aliphatic heterocycles. The smallest absolute Gasteiger partial charge is 0.417 e. The molecule has 1 aromatic rings. The second kappa shape index (κ2) is 5.06. The van der Waals surface area contributed by atoms with Gasteiger partial charge in [0, 0.05) is 6.20 Å². The second-order valence-corrected chi connectivity index (χ2v) is 3.29. The number of carbonyl (C=O) groups is 1. The normalized spacial score (nSPS) is 10.6. The van der Waals surface area contributed by atoms with Gasteiger partial charge in [-0.2, -0.15) is 13.2 Å². The molecule has 0 saturated heterocycles. The first-order chi connectivity index (χ1) is 7.80. The lowest BCUT2D eigenvalue weighted by atomic mass is 10.2. The van der Waals surface area contributed by atoms with Crippen LogP contribution in [0.25, 0.3) is 0 Å². The largest absolute Gasteiger partial charge is 0.481 e. The summed E-state index contributed by atoms with van der Waals surface area (Å²) in [7, 11) is 0. The molecule has 90 valence electrons. The number of aliphatic carboxylic acids is 1. The Hall–Kier alpha value is -1.74. The van der Waals surface area contributed by atoms with Crippen molar-refractivity contribution in [3.05, 3.63) is 28.5 Å². The Labute approximate surface area is 99.2 Å². The summed E-state index contributed by atoms with van der Waals surface area (Å²) in [5.74, 6) is 3.24. The molecule has 0 saturated carbocycles. The molecule has 0 fully saturated rings. The molecule has 0 atom stereocenters. The zero-order valence-corrected chi connectivity index (χ0v) is 8.93. The minimum atomic E-state index is -4.54. The predicted octanol–water partition coefficient (Wildman–Crippen LogP) is 2.58. The monoisotopic (exact) mass is 263 g/mol. The van der Waals surface area contributed by atoms with Crippen LogP contribution in [0.5, 0.6) is 0 Å². The second-order valence-electron chi connectivity index (χ2n) is 2.93. The first-order valence-corrected chi connectivity index (χ1v) is 4.62. The van der Waals surface area contributed by atoms with Crippen LogP contribution >= 0.6 is 11.6 Å². The lowest BCUT2D eigenvalue weighted by Gasteiger charge is -2.06. The summed E-state index contributed by atoms with van der Waals surface area (Å²) < 4.78 is 37.0. The van der Waals surface area contributed by atoms with Crippen molar-refractivity contribution in [3.8, 4) is 11.8 Å². The summed E-state index contributed by atoms with van der Waals surface area (Å²) >= 11 is 5.53. The van der Waals surface area contributed by atoms with E-state index >= 15 is 0 Å². The topological polar surface area (TPSA) is 50.2 Å². The van der Waals surface area contributed by atoms with Gasteiger partial charge >= 0.3 is 12.1 Å². The van der Waals surface area contributed by atoms with E-state index in [0.29, 0.717) is 6.20 Å². The van der Waals surface area contributed by atoms with Crippen LogP contribution in [0.2, 0.25) is 5.15 Å². The molecule has 0 aliphatic carbocycles. The molecule has 3 nitrogen and oxygen atoms in total. The molecule has 1 aromatic heterocycles. The van der Waals surface area contributed by atoms with Gasteiger partial charge in [-0.3, -0.25) is 4.79 Å². The molecule has 7 heteroatoms. The Bertz CT molecular complexity index is 502. The molecule has 0 unspecified atom stereocenters. The van der Waals surface area contributed by atoms with Crippen molar-refractivity contribution in [1.29, 1.82) is 0 Å². The zero-order chi connectivity index (χ0) is 13.1. The number of aromatic nitrogens is 1. The van der Waals surface area contributed by atoms with Crippen LogP contribution in [0.1, 0.15) is 17.5 Å². The van der Waals surface area contributed by atoms with Crippen LogP contribution in [0, 0.1) is 11.8 Å². The third kappa shape index (κ3) is 3.96. The summed E-state index contributed by atoms with van der Waals surface area (Å²) in [6.45, 7) is 0. The minimum Gasteiger partial charge on any atom is -0.481 e. The Kier molecular flexibility index (Phi) is 3.97. The number of pyridine rings is 1. The fourth-order valence-corrected chi connectivity index (χ4v) is 1.06. The van der Waals surface area contributed by atoms with Gasteiger partial charge in [0.2, 0.25) is 0 Å². The maximum Gasteiger partial charge on any atom is 0.417 e. The van der Waals surface area contributed by atoms with E-state index in [1.54, 1.807) is 0 Å². The lowest BCUT2D eigenvalue weighted by Crippen LogP contribution is -2.06. The van der Waals surface area contributed by atoms with Gasteiger partial charge < -0.3 is 5.11 Å². The molecule has 0 aliphatic rings. The highest BCUT2D eigenvalue weighted by atomic mass is 35.5. The average Bonchev–Trinajstić information content (AvgIpc) is 2.18. The van der Waals surface area contributed by atoms with E-state index in [0.717, 1.165) is 6.07 Å². The van der Waals surface area contributed by atoms with Gasteiger partial charge in [0.25, 0.3) is 0 Å². The summed E-state index contributed by atoms with van der Waals surface area (Å²) in [6, 6.07) is 0.726. The van der Waals surface area contributed by atoms with Gasteiger partial charge in [-0.05, 0) is 6.07 Å². The quantitative estimate of drug-likeness (QED) is 0.626. The van der Waals surface area contributed by atoms with Gasteiger partial charge in [0.15, 0.2) is 0 Å². The van der Waals surface area contributed by atoms with Crippen LogP contribution in [0.15, 0.2) is 12.3 Å². The van der Waals surface area contributed by atoms with E-state index in [-0.39, 0.29) is 10.7 Å². The van der Waals surface area contributed by atoms with E-state index in [9.17, 15) is 18.0 Å². The van der Waals surface area contributed by atoms with Gasteiger partial charge in [-0.15, -0.1) is 0 Å². The van der Waals surface area contributed by atoms with Gasteiger partial charge in [-0.25, -0.2) is 4.98 Å². The first kappa shape index (κ1) is 13.3. The number of halogens is 4. The van der Waals surface area contributed by atoms with E-state index in [1.165, 1.54) is 0 Å². The number of alkyl halides is 3. The van der Waals surface area contributed by atoms with E-state index in [2.05, 4.69) is 16.8 Å². The molecule has 0 radical (unpaired) electrons. The van der Waals surface area contributed by atoms with Crippen molar-refractivity contribution < 1.29 is 23.1 Å². The van der Waals surface area contributed by atoms with E-state index in [1.807, 2.05) is 0 Å². The summed E-state index contributed by atoms with van der Waals surface area (Å²) in [5.41, 5.74) is -1.13. The van der Waals surface area contributed by atoms with Crippen molar-refractivity contribution >= 4 is 17.6 Å². The molecule has 1 N–H and O–H groups in total. The molecule has 0 amide bonds. The predicted molar refractivity (Wildman–Crippen MR) is 53.4 cm³/mol. The van der Waals surface area contributed by atoms with Crippen LogP contribution in [0.3, 0.4) is 0 Å². The van der Waals surface area contributed by atoms with Crippen LogP contribution < -0.4 is 0 Å². The van der Waals surface area contributed by atoms with E-state index < -0.39 is 24.1 Å². The number of carboxylic acids is 1. The van der Waals surface area contributed by atoms with Crippen molar-refractivity contribution in [2.24, 2.45) is 0 Å². The fraction of sp³-hybridized carbons (Fsp3) is 0.200. The number of hydrogen-bond donors (Lipinski definition) is 1. The maximum absolute atomic E-state index is 12.3. The summed E-state index contributed by atoms with van der Waals surface area (Å²) in [5, 5.41) is 8.12. The van der Waals surface area contributed by atoms with E-state index in [4.69, 9.17) is 16.7 Å². The minimum absolute atomic E-state index is 0.150. The number of nitrogens with zero attached hydrogens (tertiary/aromatic N) is 1. The van der Waals surface area contributed by atoms with Gasteiger partial charge in [0.05, 0.1) is 11.1 Å². The molecular formula is C10H5ClF3NO2. The fourth-order valence-electron chi connectivity index (χ4n) is 0.906. The Balaban J connectivity index is 3.06. The number of carboxylic acid groups (broad SMARTS) is 1. The maximum atomic E-state index is 12.3. The molecular weight excluding hydrogens is 259 g/mol. The molecule has 1 heterocycles. The van der Waals surface area contributed by atoms with Crippen LogP contribution in [-0.2, 0) is 11.0 Å². The average molecular weight is 264 g/mol. The molecule has 1 rings (SSSR count). The highest BCUT2D eigenvalue weighted by Gasteiger charge is 2.31. The number of hydrogen-bond acceptors (Lipinski definition) is 2. The SMILES string of the molecule is O=C(O)CC#Cc1cc(C(F)(F)F)cnc1Cl. The first-order valence-electron chi connectivity index (χ1n) is 4.24.